The normalized spacial score (nSPS) is 12.0. The number of pyridine rings is 2. The molecule has 5 nitrogen and oxygen atoms in total. The van der Waals surface area contributed by atoms with E-state index < -0.39 is 11.7 Å². The number of halogens is 3. The van der Waals surface area contributed by atoms with Crippen LogP contribution >= 0.6 is 0 Å². The van der Waals surface area contributed by atoms with Gasteiger partial charge in [0.2, 0.25) is 0 Å². The lowest BCUT2D eigenvalue weighted by atomic mass is 10.0. The summed E-state index contributed by atoms with van der Waals surface area (Å²) in [5, 5.41) is 4.90. The van der Waals surface area contributed by atoms with Crippen LogP contribution in [0.3, 0.4) is 0 Å². The van der Waals surface area contributed by atoms with Crippen LogP contribution in [0.2, 0.25) is 0 Å². The second-order valence-electron chi connectivity index (χ2n) is 7.20. The first kappa shape index (κ1) is 19.0. The molecule has 0 amide bonds. The fourth-order valence-corrected chi connectivity index (χ4v) is 3.67. The number of alkyl halides is 3. The summed E-state index contributed by atoms with van der Waals surface area (Å²) in [6, 6.07) is 16.3. The first-order chi connectivity index (χ1) is 14.8. The first-order valence-corrected chi connectivity index (χ1v) is 9.48. The van der Waals surface area contributed by atoms with Crippen LogP contribution in [0.5, 0.6) is 0 Å². The third-order valence-corrected chi connectivity index (χ3v) is 5.23. The maximum atomic E-state index is 13.8. The molecule has 0 radical (unpaired) electrons. The van der Waals surface area contributed by atoms with Gasteiger partial charge in [0.1, 0.15) is 0 Å². The van der Waals surface area contributed by atoms with E-state index >= 15 is 0 Å². The summed E-state index contributed by atoms with van der Waals surface area (Å²) in [7, 11) is 0. The van der Waals surface area contributed by atoms with E-state index in [1.54, 1.807) is 61.5 Å². The predicted molar refractivity (Wildman–Crippen MR) is 112 cm³/mol. The molecule has 0 aliphatic rings. The van der Waals surface area contributed by atoms with Crippen LogP contribution in [-0.4, -0.2) is 19.6 Å². The standard InChI is InChI=1S/C23H15F3N4O/c1-13-20(27-18-10-6-5-9-15(18)21(13)31)22-28-19-11-17(23(24,25)26)16(12-30(19)29-22)14-7-3-2-4-8-14/h2-12H,1H3,(H,27,31). The van der Waals surface area contributed by atoms with Crippen LogP contribution in [-0.2, 0) is 6.18 Å². The highest BCUT2D eigenvalue weighted by atomic mass is 19.4. The minimum absolute atomic E-state index is 0.000719. The van der Waals surface area contributed by atoms with Gasteiger partial charge in [-0.25, -0.2) is 9.50 Å². The van der Waals surface area contributed by atoms with Crippen LogP contribution in [0.4, 0.5) is 13.2 Å². The number of H-pyrrole nitrogens is 1. The SMILES string of the molecule is Cc1c(-c2nc3cc(C(F)(F)F)c(-c4ccccc4)cn3n2)[nH]c2ccccc2c1=O. The Balaban J connectivity index is 1.76. The molecule has 3 heterocycles. The minimum Gasteiger partial charge on any atom is -0.351 e. The van der Waals surface area contributed by atoms with Crippen molar-refractivity contribution in [3.05, 3.63) is 88.2 Å². The molecule has 0 spiro atoms. The number of aromatic amines is 1. The Kier molecular flexibility index (Phi) is 4.18. The largest absolute Gasteiger partial charge is 0.417 e. The smallest absolute Gasteiger partial charge is 0.351 e. The Morgan fingerprint density at radius 3 is 2.45 bits per heavy atom. The van der Waals surface area contributed by atoms with E-state index in [1.165, 1.54) is 10.7 Å². The Hall–Kier alpha value is -3.94. The summed E-state index contributed by atoms with van der Waals surface area (Å²) in [6.07, 6.45) is -3.25. The van der Waals surface area contributed by atoms with Crippen molar-refractivity contribution in [3.63, 3.8) is 0 Å². The first-order valence-electron chi connectivity index (χ1n) is 9.48. The monoisotopic (exact) mass is 420 g/mol. The van der Waals surface area contributed by atoms with E-state index in [4.69, 9.17) is 0 Å². The molecule has 0 atom stereocenters. The van der Waals surface area contributed by atoms with E-state index in [1.807, 2.05) is 0 Å². The highest BCUT2D eigenvalue weighted by molar-refractivity contribution is 5.82. The highest BCUT2D eigenvalue weighted by Crippen LogP contribution is 2.37. The molecular weight excluding hydrogens is 405 g/mol. The van der Waals surface area contributed by atoms with Crippen LogP contribution < -0.4 is 5.43 Å². The number of fused-ring (bicyclic) bond motifs is 2. The summed E-state index contributed by atoms with van der Waals surface area (Å²) in [5.41, 5.74) is 0.863. The molecule has 5 rings (SSSR count). The van der Waals surface area contributed by atoms with Crippen molar-refractivity contribution in [2.45, 2.75) is 13.1 Å². The number of rotatable bonds is 2. The minimum atomic E-state index is -4.56. The fourth-order valence-electron chi connectivity index (χ4n) is 3.67. The number of nitrogens with one attached hydrogen (secondary N) is 1. The summed E-state index contributed by atoms with van der Waals surface area (Å²) < 4.78 is 42.6. The van der Waals surface area contributed by atoms with Gasteiger partial charge in [0.05, 0.1) is 11.3 Å². The van der Waals surface area contributed by atoms with E-state index in [2.05, 4.69) is 15.1 Å². The quantitative estimate of drug-likeness (QED) is 0.425. The third-order valence-electron chi connectivity index (χ3n) is 5.23. The van der Waals surface area contributed by atoms with Crippen molar-refractivity contribution < 1.29 is 13.2 Å². The molecule has 2 aromatic carbocycles. The number of aromatic nitrogens is 4. The molecule has 0 aliphatic carbocycles. The second-order valence-corrected chi connectivity index (χ2v) is 7.20. The van der Waals surface area contributed by atoms with Gasteiger partial charge >= 0.3 is 6.18 Å². The Labute approximate surface area is 173 Å². The second kappa shape index (κ2) is 6.80. The maximum absolute atomic E-state index is 13.8. The Morgan fingerprint density at radius 2 is 1.71 bits per heavy atom. The molecule has 0 saturated heterocycles. The van der Waals surface area contributed by atoms with Gasteiger partial charge in [0.25, 0.3) is 0 Å². The number of para-hydroxylation sites is 1. The highest BCUT2D eigenvalue weighted by Gasteiger charge is 2.35. The predicted octanol–water partition coefficient (Wildman–Crippen LogP) is 5.23. The zero-order valence-corrected chi connectivity index (χ0v) is 16.2. The molecule has 0 bridgehead atoms. The lowest BCUT2D eigenvalue weighted by molar-refractivity contribution is -0.137. The topological polar surface area (TPSA) is 63.1 Å². The molecule has 8 heteroatoms. The van der Waals surface area contributed by atoms with Gasteiger partial charge in [-0.1, -0.05) is 42.5 Å². The molecule has 154 valence electrons. The van der Waals surface area contributed by atoms with Crippen molar-refractivity contribution >= 4 is 16.6 Å². The number of nitrogens with zero attached hydrogens (tertiary/aromatic N) is 3. The molecule has 0 saturated carbocycles. The van der Waals surface area contributed by atoms with E-state index in [9.17, 15) is 18.0 Å². The van der Waals surface area contributed by atoms with Gasteiger partial charge in [-0.2, -0.15) is 13.2 Å². The van der Waals surface area contributed by atoms with Crippen molar-refractivity contribution in [2.24, 2.45) is 0 Å². The molecule has 0 aliphatic heterocycles. The van der Waals surface area contributed by atoms with Crippen LogP contribution in [0.15, 0.2) is 71.7 Å². The van der Waals surface area contributed by atoms with E-state index in [0.29, 0.717) is 27.7 Å². The molecule has 1 N–H and O–H groups in total. The Morgan fingerprint density at radius 1 is 1.00 bits per heavy atom. The van der Waals surface area contributed by atoms with Crippen LogP contribution in [0.25, 0.3) is 39.2 Å². The summed E-state index contributed by atoms with van der Waals surface area (Å²) in [4.78, 5) is 20.2. The van der Waals surface area contributed by atoms with Crippen LogP contribution in [0, 0.1) is 6.92 Å². The molecular formula is C23H15F3N4O. The third kappa shape index (κ3) is 3.16. The van der Waals surface area contributed by atoms with Crippen molar-refractivity contribution in [3.8, 4) is 22.6 Å². The zero-order valence-electron chi connectivity index (χ0n) is 16.2. The van der Waals surface area contributed by atoms with Gasteiger partial charge in [-0.05, 0) is 30.7 Å². The average molecular weight is 420 g/mol. The molecule has 3 aromatic heterocycles. The van der Waals surface area contributed by atoms with Gasteiger partial charge < -0.3 is 4.98 Å². The maximum Gasteiger partial charge on any atom is 0.417 e. The number of hydrogen-bond acceptors (Lipinski definition) is 3. The van der Waals surface area contributed by atoms with Gasteiger partial charge in [-0.3, -0.25) is 4.79 Å². The summed E-state index contributed by atoms with van der Waals surface area (Å²) in [6.45, 7) is 1.64. The Bertz CT molecular complexity index is 1500. The number of benzene rings is 2. The summed E-state index contributed by atoms with van der Waals surface area (Å²) in [5.74, 6) is 0.152. The van der Waals surface area contributed by atoms with Crippen LogP contribution in [0.1, 0.15) is 11.1 Å². The van der Waals surface area contributed by atoms with Crippen molar-refractivity contribution in [2.75, 3.05) is 0 Å². The lowest BCUT2D eigenvalue weighted by Gasteiger charge is -2.13. The van der Waals surface area contributed by atoms with Gasteiger partial charge in [0, 0.05) is 28.2 Å². The summed E-state index contributed by atoms with van der Waals surface area (Å²) >= 11 is 0. The van der Waals surface area contributed by atoms with E-state index in [-0.39, 0.29) is 22.5 Å². The molecule has 0 fully saturated rings. The molecule has 31 heavy (non-hydrogen) atoms. The number of hydrogen-bond donors (Lipinski definition) is 1. The van der Waals surface area contributed by atoms with Gasteiger partial charge in [0.15, 0.2) is 16.9 Å². The zero-order chi connectivity index (χ0) is 21.8. The van der Waals surface area contributed by atoms with Crippen molar-refractivity contribution in [1.82, 2.24) is 19.6 Å². The molecule has 5 aromatic rings. The molecule has 0 unspecified atom stereocenters. The van der Waals surface area contributed by atoms with Gasteiger partial charge in [-0.15, -0.1) is 5.10 Å². The van der Waals surface area contributed by atoms with E-state index in [0.717, 1.165) is 6.07 Å². The average Bonchev–Trinajstić information content (AvgIpc) is 3.18. The fraction of sp³-hybridized carbons (Fsp3) is 0.0870. The lowest BCUT2D eigenvalue weighted by Crippen LogP contribution is -2.09. The van der Waals surface area contributed by atoms with Crippen molar-refractivity contribution in [1.29, 1.82) is 0 Å².